The largest absolute Gasteiger partial charge is 0.388 e. The van der Waals surface area contributed by atoms with E-state index in [1.807, 2.05) is 19.1 Å². The number of anilines is 1. The van der Waals surface area contributed by atoms with Gasteiger partial charge in [-0.15, -0.1) is 0 Å². The van der Waals surface area contributed by atoms with Gasteiger partial charge in [0.2, 0.25) is 0 Å². The summed E-state index contributed by atoms with van der Waals surface area (Å²) < 4.78 is 0. The van der Waals surface area contributed by atoms with Gasteiger partial charge in [0, 0.05) is 12.2 Å². The van der Waals surface area contributed by atoms with Gasteiger partial charge in [0.25, 0.3) is 0 Å². The fraction of sp³-hybridized carbons (Fsp3) is 0.429. The number of nitrogens with one attached hydrogen (secondary N) is 2. The van der Waals surface area contributed by atoms with Crippen LogP contribution >= 0.6 is 0 Å². The van der Waals surface area contributed by atoms with Crippen LogP contribution in [0.3, 0.4) is 0 Å². The Morgan fingerprint density at radius 2 is 1.95 bits per heavy atom. The molecule has 5 nitrogen and oxygen atoms in total. The van der Waals surface area contributed by atoms with Crippen molar-refractivity contribution < 1.29 is 14.7 Å². The summed E-state index contributed by atoms with van der Waals surface area (Å²) in [5.74, 6) is -1.43. The molecular weight excluding hydrogens is 244 g/mol. The second-order valence-electron chi connectivity index (χ2n) is 5.03. The molecule has 2 amide bonds. The molecule has 102 valence electrons. The van der Waals surface area contributed by atoms with Gasteiger partial charge in [-0.3, -0.25) is 9.59 Å². The van der Waals surface area contributed by atoms with Crippen molar-refractivity contribution in [3.63, 3.8) is 0 Å². The number of hydrogen-bond acceptors (Lipinski definition) is 3. The van der Waals surface area contributed by atoms with E-state index in [9.17, 15) is 14.7 Å². The van der Waals surface area contributed by atoms with E-state index < -0.39 is 17.4 Å². The summed E-state index contributed by atoms with van der Waals surface area (Å²) in [5.41, 5.74) is 0.685. The lowest BCUT2D eigenvalue weighted by atomic mass is 9.80. The lowest BCUT2D eigenvalue weighted by Crippen LogP contribution is -2.49. The molecular formula is C14H18N2O3. The van der Waals surface area contributed by atoms with E-state index in [2.05, 4.69) is 10.6 Å². The van der Waals surface area contributed by atoms with Crippen molar-refractivity contribution in [1.82, 2.24) is 5.32 Å². The smallest absolute Gasteiger partial charge is 0.313 e. The predicted molar refractivity (Wildman–Crippen MR) is 71.6 cm³/mol. The van der Waals surface area contributed by atoms with Gasteiger partial charge in [-0.05, 0) is 37.8 Å². The summed E-state index contributed by atoms with van der Waals surface area (Å²) in [4.78, 5) is 23.3. The summed E-state index contributed by atoms with van der Waals surface area (Å²) in [6, 6.07) is 7.24. The van der Waals surface area contributed by atoms with E-state index in [1.165, 1.54) is 0 Å². The van der Waals surface area contributed by atoms with Crippen LogP contribution in [0.25, 0.3) is 0 Å². The highest BCUT2D eigenvalue weighted by Crippen LogP contribution is 2.30. The molecule has 1 saturated carbocycles. The molecule has 19 heavy (non-hydrogen) atoms. The van der Waals surface area contributed by atoms with Crippen LogP contribution in [0.5, 0.6) is 0 Å². The molecule has 0 radical (unpaired) electrons. The van der Waals surface area contributed by atoms with Crippen LogP contribution in [-0.4, -0.2) is 29.1 Å². The van der Waals surface area contributed by atoms with Gasteiger partial charge in [0.05, 0.1) is 5.60 Å². The van der Waals surface area contributed by atoms with Gasteiger partial charge < -0.3 is 15.7 Å². The molecule has 0 aromatic heterocycles. The monoisotopic (exact) mass is 262 g/mol. The number of carbonyl (C=O) groups excluding carboxylic acids is 2. The molecule has 1 aromatic rings. The third-order valence-electron chi connectivity index (χ3n) is 3.46. The average molecular weight is 262 g/mol. The summed E-state index contributed by atoms with van der Waals surface area (Å²) in [5, 5.41) is 14.8. The summed E-state index contributed by atoms with van der Waals surface area (Å²) >= 11 is 0. The highest BCUT2D eigenvalue weighted by atomic mass is 16.3. The molecule has 0 atom stereocenters. The third-order valence-corrected chi connectivity index (χ3v) is 3.46. The lowest BCUT2D eigenvalue weighted by molar-refractivity contribution is -0.137. The minimum Gasteiger partial charge on any atom is -0.388 e. The Kier molecular flexibility index (Phi) is 3.85. The summed E-state index contributed by atoms with van der Waals surface area (Å²) in [7, 11) is 0. The number of aliphatic hydroxyl groups is 1. The van der Waals surface area contributed by atoms with Crippen molar-refractivity contribution >= 4 is 17.5 Å². The molecule has 5 heteroatoms. The van der Waals surface area contributed by atoms with Crippen molar-refractivity contribution in [3.8, 4) is 0 Å². The van der Waals surface area contributed by atoms with E-state index >= 15 is 0 Å². The van der Waals surface area contributed by atoms with Crippen LogP contribution in [0.2, 0.25) is 0 Å². The summed E-state index contributed by atoms with van der Waals surface area (Å²) in [6.45, 7) is 1.98. The normalized spacial score (nSPS) is 16.3. The van der Waals surface area contributed by atoms with Gasteiger partial charge in [0.1, 0.15) is 0 Å². The highest BCUT2D eigenvalue weighted by molar-refractivity contribution is 6.39. The second kappa shape index (κ2) is 5.40. The van der Waals surface area contributed by atoms with Gasteiger partial charge in [0.15, 0.2) is 0 Å². The summed E-state index contributed by atoms with van der Waals surface area (Å²) in [6.07, 6.45) is 2.31. The van der Waals surface area contributed by atoms with Crippen LogP contribution in [0.4, 0.5) is 5.69 Å². The highest BCUT2D eigenvalue weighted by Gasteiger charge is 2.35. The number of carbonyl (C=O) groups is 2. The molecule has 3 N–H and O–H groups in total. The van der Waals surface area contributed by atoms with E-state index in [4.69, 9.17) is 0 Å². The third kappa shape index (κ3) is 3.32. The fourth-order valence-corrected chi connectivity index (χ4v) is 1.98. The first-order chi connectivity index (χ1) is 9.00. The van der Waals surface area contributed by atoms with Crippen molar-refractivity contribution in [2.24, 2.45) is 0 Å². The van der Waals surface area contributed by atoms with Crippen LogP contribution in [0, 0.1) is 6.92 Å². The van der Waals surface area contributed by atoms with Crippen molar-refractivity contribution in [3.05, 3.63) is 29.8 Å². The Hall–Kier alpha value is -1.88. The Bertz CT molecular complexity index is 495. The topological polar surface area (TPSA) is 78.4 Å². The predicted octanol–water partition coefficient (Wildman–Crippen LogP) is 0.965. The maximum Gasteiger partial charge on any atom is 0.313 e. The van der Waals surface area contributed by atoms with Gasteiger partial charge >= 0.3 is 11.8 Å². The molecule has 0 aliphatic heterocycles. The fourth-order valence-electron chi connectivity index (χ4n) is 1.98. The molecule has 2 rings (SSSR count). The lowest BCUT2D eigenvalue weighted by Gasteiger charge is -2.36. The van der Waals surface area contributed by atoms with Gasteiger partial charge in [-0.1, -0.05) is 18.2 Å². The van der Waals surface area contributed by atoms with Crippen LogP contribution < -0.4 is 10.6 Å². The number of benzene rings is 1. The van der Waals surface area contributed by atoms with Gasteiger partial charge in [-0.25, -0.2) is 0 Å². The van der Waals surface area contributed by atoms with Crippen molar-refractivity contribution in [2.75, 3.05) is 11.9 Å². The zero-order chi connectivity index (χ0) is 13.9. The molecule has 1 aliphatic rings. The molecule has 0 saturated heterocycles. The second-order valence-corrected chi connectivity index (χ2v) is 5.03. The Labute approximate surface area is 112 Å². The SMILES string of the molecule is Cc1ccccc1NC(=O)C(=O)NCC1(O)CCC1. The number of para-hydroxylation sites is 1. The first-order valence-corrected chi connectivity index (χ1v) is 6.37. The van der Waals surface area contributed by atoms with Crippen molar-refractivity contribution in [1.29, 1.82) is 0 Å². The molecule has 0 unspecified atom stereocenters. The number of rotatable bonds is 3. The molecule has 1 aromatic carbocycles. The van der Waals surface area contributed by atoms with E-state index in [0.29, 0.717) is 18.5 Å². The minimum absolute atomic E-state index is 0.132. The Balaban J connectivity index is 1.86. The quantitative estimate of drug-likeness (QED) is 0.710. The first-order valence-electron chi connectivity index (χ1n) is 6.37. The Morgan fingerprint density at radius 1 is 1.26 bits per heavy atom. The molecule has 1 fully saturated rings. The minimum atomic E-state index is -0.821. The molecule has 1 aliphatic carbocycles. The average Bonchev–Trinajstić information content (AvgIpc) is 2.36. The number of amides is 2. The maximum atomic E-state index is 11.7. The van der Waals surface area contributed by atoms with Crippen LogP contribution in [-0.2, 0) is 9.59 Å². The van der Waals surface area contributed by atoms with Gasteiger partial charge in [-0.2, -0.15) is 0 Å². The standard InChI is InChI=1S/C14H18N2O3/c1-10-5-2-3-6-11(10)16-13(18)12(17)15-9-14(19)7-4-8-14/h2-3,5-6,19H,4,7-9H2,1H3,(H,15,17)(H,16,18). The number of aryl methyl sites for hydroxylation is 1. The van der Waals surface area contributed by atoms with Crippen molar-refractivity contribution in [2.45, 2.75) is 31.8 Å². The molecule has 0 spiro atoms. The van der Waals surface area contributed by atoms with Crippen LogP contribution in [0.15, 0.2) is 24.3 Å². The van der Waals surface area contributed by atoms with Crippen LogP contribution in [0.1, 0.15) is 24.8 Å². The first kappa shape index (κ1) is 13.5. The van der Waals surface area contributed by atoms with E-state index in [0.717, 1.165) is 12.0 Å². The Morgan fingerprint density at radius 3 is 2.53 bits per heavy atom. The molecule has 0 heterocycles. The zero-order valence-corrected chi connectivity index (χ0v) is 10.9. The zero-order valence-electron chi connectivity index (χ0n) is 10.9. The van der Waals surface area contributed by atoms with E-state index in [1.54, 1.807) is 12.1 Å². The van der Waals surface area contributed by atoms with E-state index in [-0.39, 0.29) is 6.54 Å². The number of hydrogen-bond donors (Lipinski definition) is 3. The molecule has 0 bridgehead atoms. The maximum absolute atomic E-state index is 11.7.